The second-order valence-corrected chi connectivity index (χ2v) is 5.02. The van der Waals surface area contributed by atoms with Crippen molar-refractivity contribution in [2.75, 3.05) is 5.73 Å². The summed E-state index contributed by atoms with van der Waals surface area (Å²) in [6, 6.07) is 14.9. The van der Waals surface area contributed by atoms with E-state index >= 15 is 0 Å². The highest BCUT2D eigenvalue weighted by Gasteiger charge is 2.08. The number of benzene rings is 2. The molecule has 0 amide bonds. The van der Waals surface area contributed by atoms with Gasteiger partial charge in [-0.05, 0) is 36.8 Å². The molecule has 0 saturated carbocycles. The Labute approximate surface area is 128 Å². The van der Waals surface area contributed by atoms with Gasteiger partial charge in [0.25, 0.3) is 0 Å². The Morgan fingerprint density at radius 2 is 1.77 bits per heavy atom. The summed E-state index contributed by atoms with van der Waals surface area (Å²) in [6.07, 6.45) is 3.38. The fourth-order valence-corrected chi connectivity index (χ4v) is 2.09. The highest BCUT2D eigenvalue weighted by Crippen LogP contribution is 2.22. The van der Waals surface area contributed by atoms with Gasteiger partial charge in [0.1, 0.15) is 5.75 Å². The maximum Gasteiger partial charge on any atom is 0.221 e. The van der Waals surface area contributed by atoms with E-state index in [1.165, 1.54) is 5.56 Å². The zero-order chi connectivity index (χ0) is 15.5. The van der Waals surface area contributed by atoms with Gasteiger partial charge in [-0.15, -0.1) is 0 Å². The zero-order valence-corrected chi connectivity index (χ0v) is 12.1. The maximum atomic E-state index is 9.29. The van der Waals surface area contributed by atoms with Crippen molar-refractivity contribution >= 4 is 12.2 Å². The molecule has 22 heavy (non-hydrogen) atoms. The number of hydrogen-bond acceptors (Lipinski definition) is 4. The van der Waals surface area contributed by atoms with Crippen LogP contribution in [0.4, 0.5) is 5.95 Å². The molecular formula is C17H16N4O. The number of phenols is 1. The lowest BCUT2D eigenvalue weighted by Crippen LogP contribution is -2.00. The average Bonchev–Trinajstić information content (AvgIpc) is 2.89. The Kier molecular flexibility index (Phi) is 3.62. The molecule has 3 aromatic rings. The number of nitrogen functional groups attached to an aromatic ring is 1. The molecule has 0 fully saturated rings. The molecule has 5 nitrogen and oxygen atoms in total. The molecule has 3 rings (SSSR count). The van der Waals surface area contributed by atoms with E-state index in [4.69, 9.17) is 5.73 Å². The van der Waals surface area contributed by atoms with Gasteiger partial charge in [0, 0.05) is 5.56 Å². The number of imidazole rings is 1. The van der Waals surface area contributed by atoms with E-state index in [1.54, 1.807) is 41.4 Å². The SMILES string of the molecule is Cc1ccc(-c2cnc(N)n2N=Cc2ccc(O)cc2)cc1. The summed E-state index contributed by atoms with van der Waals surface area (Å²) >= 11 is 0. The Morgan fingerprint density at radius 1 is 1.09 bits per heavy atom. The van der Waals surface area contributed by atoms with Crippen LogP contribution in [0.25, 0.3) is 11.3 Å². The minimum Gasteiger partial charge on any atom is -0.508 e. The summed E-state index contributed by atoms with van der Waals surface area (Å²) < 4.78 is 1.59. The molecule has 0 bridgehead atoms. The molecule has 0 aliphatic carbocycles. The largest absolute Gasteiger partial charge is 0.508 e. The van der Waals surface area contributed by atoms with Crippen LogP contribution >= 0.6 is 0 Å². The van der Waals surface area contributed by atoms with Crippen molar-refractivity contribution in [3.05, 3.63) is 65.9 Å². The molecule has 1 heterocycles. The van der Waals surface area contributed by atoms with Crippen molar-refractivity contribution in [3.8, 4) is 17.0 Å². The first-order valence-electron chi connectivity index (χ1n) is 6.87. The van der Waals surface area contributed by atoms with Crippen LogP contribution in [0.1, 0.15) is 11.1 Å². The lowest BCUT2D eigenvalue weighted by atomic mass is 10.1. The second-order valence-electron chi connectivity index (χ2n) is 5.02. The smallest absolute Gasteiger partial charge is 0.221 e. The summed E-state index contributed by atoms with van der Waals surface area (Å²) in [5, 5.41) is 13.7. The normalized spacial score (nSPS) is 11.1. The van der Waals surface area contributed by atoms with Gasteiger partial charge in [-0.3, -0.25) is 0 Å². The molecular weight excluding hydrogens is 276 g/mol. The van der Waals surface area contributed by atoms with Gasteiger partial charge < -0.3 is 10.8 Å². The first-order chi connectivity index (χ1) is 10.6. The summed E-state index contributed by atoms with van der Waals surface area (Å²) in [6.45, 7) is 2.04. The van der Waals surface area contributed by atoms with E-state index in [9.17, 15) is 5.11 Å². The van der Waals surface area contributed by atoms with Gasteiger partial charge in [-0.2, -0.15) is 9.78 Å². The first kappa shape index (κ1) is 13.9. The molecule has 110 valence electrons. The van der Waals surface area contributed by atoms with Crippen molar-refractivity contribution < 1.29 is 5.11 Å². The van der Waals surface area contributed by atoms with Crippen LogP contribution < -0.4 is 5.73 Å². The molecule has 1 aromatic heterocycles. The predicted octanol–water partition coefficient (Wildman–Crippen LogP) is 3.03. The minimum atomic E-state index is 0.222. The van der Waals surface area contributed by atoms with E-state index in [2.05, 4.69) is 10.1 Å². The van der Waals surface area contributed by atoms with E-state index in [-0.39, 0.29) is 5.75 Å². The molecule has 0 spiro atoms. The third-order valence-electron chi connectivity index (χ3n) is 3.33. The van der Waals surface area contributed by atoms with E-state index in [1.807, 2.05) is 31.2 Å². The molecule has 0 unspecified atom stereocenters. The highest BCUT2D eigenvalue weighted by molar-refractivity contribution is 5.80. The molecule has 3 N–H and O–H groups in total. The lowest BCUT2D eigenvalue weighted by Gasteiger charge is -2.04. The number of aryl methyl sites for hydroxylation is 1. The molecule has 2 aromatic carbocycles. The second kappa shape index (κ2) is 5.73. The van der Waals surface area contributed by atoms with Gasteiger partial charge in [-0.1, -0.05) is 29.8 Å². The molecule has 0 aliphatic rings. The Balaban J connectivity index is 1.95. The fraction of sp³-hybridized carbons (Fsp3) is 0.0588. The topological polar surface area (TPSA) is 76.4 Å². The Hall–Kier alpha value is -3.08. The lowest BCUT2D eigenvalue weighted by molar-refractivity contribution is 0.475. The van der Waals surface area contributed by atoms with Gasteiger partial charge >= 0.3 is 0 Å². The van der Waals surface area contributed by atoms with Crippen LogP contribution in [0.2, 0.25) is 0 Å². The van der Waals surface area contributed by atoms with Crippen LogP contribution in [-0.4, -0.2) is 21.0 Å². The van der Waals surface area contributed by atoms with Gasteiger partial charge in [0.2, 0.25) is 5.95 Å². The third kappa shape index (κ3) is 2.83. The number of aromatic nitrogens is 2. The van der Waals surface area contributed by atoms with Crippen molar-refractivity contribution in [1.29, 1.82) is 0 Å². The third-order valence-corrected chi connectivity index (χ3v) is 3.33. The first-order valence-corrected chi connectivity index (χ1v) is 6.87. The number of phenolic OH excluding ortho intramolecular Hbond substituents is 1. The molecule has 0 radical (unpaired) electrons. The molecule has 5 heteroatoms. The van der Waals surface area contributed by atoms with Crippen molar-refractivity contribution in [2.24, 2.45) is 5.10 Å². The Bertz CT molecular complexity index is 802. The van der Waals surface area contributed by atoms with Crippen LogP contribution in [0, 0.1) is 6.92 Å². The summed E-state index contributed by atoms with van der Waals surface area (Å²) in [4.78, 5) is 4.13. The number of aromatic hydroxyl groups is 1. The number of nitrogens with zero attached hydrogens (tertiary/aromatic N) is 3. The van der Waals surface area contributed by atoms with Crippen molar-refractivity contribution in [1.82, 2.24) is 9.66 Å². The number of rotatable bonds is 3. The zero-order valence-electron chi connectivity index (χ0n) is 12.1. The standard InChI is InChI=1S/C17H16N4O/c1-12-2-6-14(7-3-12)16-11-19-17(18)21(16)20-10-13-4-8-15(22)9-5-13/h2-11,22H,1H3,(H2,18,19). The number of hydrogen-bond donors (Lipinski definition) is 2. The monoisotopic (exact) mass is 292 g/mol. The van der Waals surface area contributed by atoms with Crippen LogP contribution in [0.3, 0.4) is 0 Å². The minimum absolute atomic E-state index is 0.222. The molecule has 0 saturated heterocycles. The van der Waals surface area contributed by atoms with Crippen LogP contribution in [0.15, 0.2) is 59.8 Å². The summed E-state index contributed by atoms with van der Waals surface area (Å²) in [5.41, 5.74) is 9.77. The van der Waals surface area contributed by atoms with Crippen LogP contribution in [0.5, 0.6) is 5.75 Å². The summed E-state index contributed by atoms with van der Waals surface area (Å²) in [7, 11) is 0. The number of nitrogens with two attached hydrogens (primary N) is 1. The van der Waals surface area contributed by atoms with Gasteiger partial charge in [-0.25, -0.2) is 4.98 Å². The van der Waals surface area contributed by atoms with Crippen molar-refractivity contribution in [3.63, 3.8) is 0 Å². The van der Waals surface area contributed by atoms with Crippen LogP contribution in [-0.2, 0) is 0 Å². The maximum absolute atomic E-state index is 9.29. The van der Waals surface area contributed by atoms with Gasteiger partial charge in [0.05, 0.1) is 18.1 Å². The summed E-state index contributed by atoms with van der Waals surface area (Å²) in [5.74, 6) is 0.547. The average molecular weight is 292 g/mol. The predicted molar refractivity (Wildman–Crippen MR) is 87.9 cm³/mol. The molecule has 0 atom stereocenters. The highest BCUT2D eigenvalue weighted by atomic mass is 16.3. The van der Waals surface area contributed by atoms with E-state index in [0.29, 0.717) is 5.95 Å². The fourth-order valence-electron chi connectivity index (χ4n) is 2.09. The molecule has 0 aliphatic heterocycles. The van der Waals surface area contributed by atoms with E-state index in [0.717, 1.165) is 16.8 Å². The quantitative estimate of drug-likeness (QED) is 0.728. The Morgan fingerprint density at radius 3 is 2.45 bits per heavy atom. The van der Waals surface area contributed by atoms with Gasteiger partial charge in [0.15, 0.2) is 0 Å². The number of anilines is 1. The van der Waals surface area contributed by atoms with E-state index < -0.39 is 0 Å². The van der Waals surface area contributed by atoms with Crippen molar-refractivity contribution in [2.45, 2.75) is 6.92 Å².